The number of hydrogen-bond donors (Lipinski definition) is 4. The molecule has 0 aliphatic carbocycles. The van der Waals surface area contributed by atoms with Gasteiger partial charge in [-0.1, -0.05) is 17.6 Å². The Hall–Kier alpha value is -3.89. The molecule has 2 aliphatic heterocycles. The van der Waals surface area contributed by atoms with Crippen molar-refractivity contribution in [2.24, 2.45) is 0 Å². The standard InChI is InChI=1S/C22H20N6O6/c1-10-4-5-11-12(7-10)21(33)27(20(11)32)6-2-3-14-25-18(23)15-19(26-14)28(9-24-15)22-17(31)16(30)13(8-29)34-22/h4-5,7,9,13,16-17,22,29-31H,6,8H2,1H3,(H2,23,25,26)/t13-,16-,17-,22-/m1/s1. The molecule has 12 nitrogen and oxygen atoms in total. The number of aromatic nitrogens is 4. The molecule has 2 aliphatic rings. The van der Waals surface area contributed by atoms with Crippen LogP contribution in [0.15, 0.2) is 24.5 Å². The summed E-state index contributed by atoms with van der Waals surface area (Å²) in [6.45, 7) is 1.19. The Kier molecular flexibility index (Phi) is 5.26. The average molecular weight is 464 g/mol. The molecule has 12 heteroatoms. The van der Waals surface area contributed by atoms with E-state index in [0.717, 1.165) is 10.5 Å². The number of benzene rings is 1. The minimum atomic E-state index is -1.34. The lowest BCUT2D eigenvalue weighted by Gasteiger charge is -2.16. The third-order valence-corrected chi connectivity index (χ3v) is 5.80. The fraction of sp³-hybridized carbons (Fsp3) is 0.318. The summed E-state index contributed by atoms with van der Waals surface area (Å²) >= 11 is 0. The highest BCUT2D eigenvalue weighted by molar-refractivity contribution is 6.21. The molecule has 4 heterocycles. The zero-order valence-corrected chi connectivity index (χ0v) is 17.9. The maximum atomic E-state index is 12.6. The quantitative estimate of drug-likeness (QED) is 0.277. The number of nitrogen functional groups attached to an aromatic ring is 1. The van der Waals surface area contributed by atoms with Crippen LogP contribution in [0, 0.1) is 18.8 Å². The Bertz CT molecular complexity index is 1390. The number of anilines is 1. The molecule has 5 rings (SSSR count). The van der Waals surface area contributed by atoms with E-state index >= 15 is 0 Å². The molecule has 0 radical (unpaired) electrons. The van der Waals surface area contributed by atoms with E-state index in [4.69, 9.17) is 10.5 Å². The second-order valence-electron chi connectivity index (χ2n) is 8.03. The molecule has 0 unspecified atom stereocenters. The highest BCUT2D eigenvalue weighted by Gasteiger charge is 2.44. The molecule has 4 atom stereocenters. The van der Waals surface area contributed by atoms with Crippen LogP contribution in [0.2, 0.25) is 0 Å². The van der Waals surface area contributed by atoms with Crippen molar-refractivity contribution in [3.05, 3.63) is 47.0 Å². The molecule has 5 N–H and O–H groups in total. The Labute approximate surface area is 192 Å². The van der Waals surface area contributed by atoms with Gasteiger partial charge in [-0.3, -0.25) is 19.1 Å². The Morgan fingerprint density at radius 1 is 1.15 bits per heavy atom. The van der Waals surface area contributed by atoms with Crippen molar-refractivity contribution in [1.29, 1.82) is 0 Å². The third kappa shape index (κ3) is 3.39. The predicted molar refractivity (Wildman–Crippen MR) is 116 cm³/mol. The van der Waals surface area contributed by atoms with Gasteiger partial charge in [0.05, 0.1) is 30.6 Å². The molecule has 0 saturated carbocycles. The number of aliphatic hydroxyl groups excluding tert-OH is 3. The molecule has 0 spiro atoms. The minimum absolute atomic E-state index is 0.00551. The van der Waals surface area contributed by atoms with Gasteiger partial charge in [0.2, 0.25) is 5.82 Å². The number of imidazole rings is 1. The SMILES string of the molecule is Cc1ccc2c(c1)C(=O)N(CC#Cc1nc(N)c3ncn([C@@H]4O[C@H](CO)[C@@H](O)[C@H]4O)c3n1)C2=O. The number of rotatable bonds is 3. The Morgan fingerprint density at radius 2 is 1.91 bits per heavy atom. The summed E-state index contributed by atoms with van der Waals surface area (Å²) in [5.41, 5.74) is 7.97. The highest BCUT2D eigenvalue weighted by atomic mass is 16.6. The van der Waals surface area contributed by atoms with Crippen molar-refractivity contribution in [1.82, 2.24) is 24.4 Å². The van der Waals surface area contributed by atoms with Gasteiger partial charge in [-0.05, 0) is 25.0 Å². The summed E-state index contributed by atoms with van der Waals surface area (Å²) in [5, 5.41) is 29.7. The van der Waals surface area contributed by atoms with E-state index in [9.17, 15) is 24.9 Å². The minimum Gasteiger partial charge on any atom is -0.394 e. The van der Waals surface area contributed by atoms with Gasteiger partial charge in [-0.25, -0.2) is 15.0 Å². The first-order chi connectivity index (χ1) is 16.3. The summed E-state index contributed by atoms with van der Waals surface area (Å²) in [5.74, 6) is 4.61. The van der Waals surface area contributed by atoms with Crippen molar-refractivity contribution in [3.63, 3.8) is 0 Å². The first kappa shape index (κ1) is 21.9. The normalized spacial score (nSPS) is 23.9. The Balaban J connectivity index is 1.42. The van der Waals surface area contributed by atoms with Gasteiger partial charge in [0.25, 0.3) is 11.8 Å². The van der Waals surface area contributed by atoms with Gasteiger partial charge in [-0.2, -0.15) is 0 Å². The van der Waals surface area contributed by atoms with E-state index in [2.05, 4.69) is 26.8 Å². The lowest BCUT2D eigenvalue weighted by atomic mass is 10.1. The molecular weight excluding hydrogens is 444 g/mol. The lowest BCUT2D eigenvalue weighted by Crippen LogP contribution is -2.33. The Morgan fingerprint density at radius 3 is 2.65 bits per heavy atom. The third-order valence-electron chi connectivity index (χ3n) is 5.80. The largest absolute Gasteiger partial charge is 0.394 e. The number of carbonyl (C=O) groups excluding carboxylic acids is 2. The van der Waals surface area contributed by atoms with Gasteiger partial charge in [0.15, 0.2) is 17.7 Å². The number of nitrogens with two attached hydrogens (primary N) is 1. The van der Waals surface area contributed by atoms with Crippen LogP contribution in [-0.4, -0.2) is 83.0 Å². The molecule has 3 aromatic rings. The predicted octanol–water partition coefficient (Wildman–Crippen LogP) is -1.02. The molecule has 1 saturated heterocycles. The van der Waals surface area contributed by atoms with Crippen molar-refractivity contribution in [3.8, 4) is 11.8 Å². The number of hydrogen-bond acceptors (Lipinski definition) is 10. The highest BCUT2D eigenvalue weighted by Crippen LogP contribution is 2.32. The lowest BCUT2D eigenvalue weighted by molar-refractivity contribution is -0.0511. The van der Waals surface area contributed by atoms with Crippen LogP contribution in [0.1, 0.15) is 38.3 Å². The van der Waals surface area contributed by atoms with Crippen LogP contribution in [0.3, 0.4) is 0 Å². The van der Waals surface area contributed by atoms with E-state index in [1.165, 1.54) is 10.9 Å². The van der Waals surface area contributed by atoms with E-state index in [1.54, 1.807) is 18.2 Å². The molecule has 1 fully saturated rings. The average Bonchev–Trinajstić information content (AvgIpc) is 3.43. The number of imide groups is 1. The van der Waals surface area contributed by atoms with Crippen molar-refractivity contribution in [2.45, 2.75) is 31.5 Å². The van der Waals surface area contributed by atoms with Gasteiger partial charge >= 0.3 is 0 Å². The second-order valence-corrected chi connectivity index (χ2v) is 8.03. The van der Waals surface area contributed by atoms with Gasteiger partial charge in [0, 0.05) is 0 Å². The summed E-state index contributed by atoms with van der Waals surface area (Å²) in [6, 6.07) is 5.05. The zero-order chi connectivity index (χ0) is 24.1. The van der Waals surface area contributed by atoms with E-state index in [-0.39, 0.29) is 29.4 Å². The second kappa shape index (κ2) is 8.15. The topological polar surface area (TPSA) is 177 Å². The maximum Gasteiger partial charge on any atom is 0.262 e. The maximum absolute atomic E-state index is 12.6. The van der Waals surface area contributed by atoms with Crippen LogP contribution < -0.4 is 5.73 Å². The summed E-state index contributed by atoms with van der Waals surface area (Å²) in [7, 11) is 0. The summed E-state index contributed by atoms with van der Waals surface area (Å²) < 4.78 is 6.90. The van der Waals surface area contributed by atoms with Crippen molar-refractivity contribution < 1.29 is 29.6 Å². The van der Waals surface area contributed by atoms with Gasteiger partial charge in [0.1, 0.15) is 23.8 Å². The van der Waals surface area contributed by atoms with E-state index in [1.807, 2.05) is 6.92 Å². The van der Waals surface area contributed by atoms with E-state index < -0.39 is 43.0 Å². The van der Waals surface area contributed by atoms with Crippen LogP contribution in [0.25, 0.3) is 11.2 Å². The number of amides is 2. The van der Waals surface area contributed by atoms with Crippen LogP contribution >= 0.6 is 0 Å². The van der Waals surface area contributed by atoms with Crippen molar-refractivity contribution >= 4 is 28.8 Å². The first-order valence-electron chi connectivity index (χ1n) is 10.4. The molecule has 2 amide bonds. The van der Waals surface area contributed by atoms with E-state index in [0.29, 0.717) is 11.1 Å². The number of fused-ring (bicyclic) bond motifs is 2. The molecule has 174 valence electrons. The zero-order valence-electron chi connectivity index (χ0n) is 17.9. The fourth-order valence-electron chi connectivity index (χ4n) is 4.04. The monoisotopic (exact) mass is 464 g/mol. The smallest absolute Gasteiger partial charge is 0.262 e. The summed E-state index contributed by atoms with van der Waals surface area (Å²) in [6.07, 6.45) is -3.34. The summed E-state index contributed by atoms with van der Waals surface area (Å²) in [4.78, 5) is 38.7. The van der Waals surface area contributed by atoms with Crippen LogP contribution in [0.4, 0.5) is 5.82 Å². The molecular formula is C22H20N6O6. The molecule has 1 aromatic carbocycles. The number of aliphatic hydroxyl groups is 3. The molecule has 34 heavy (non-hydrogen) atoms. The van der Waals surface area contributed by atoms with Crippen LogP contribution in [-0.2, 0) is 4.74 Å². The number of aryl methyl sites for hydroxylation is 1. The number of carbonyl (C=O) groups is 2. The van der Waals surface area contributed by atoms with Gasteiger partial charge in [-0.15, -0.1) is 0 Å². The van der Waals surface area contributed by atoms with Gasteiger partial charge < -0.3 is 25.8 Å². The fourth-order valence-corrected chi connectivity index (χ4v) is 4.04. The number of nitrogens with zero attached hydrogens (tertiary/aromatic N) is 5. The first-order valence-corrected chi connectivity index (χ1v) is 10.4. The number of ether oxygens (including phenoxy) is 1. The molecule has 0 bridgehead atoms. The van der Waals surface area contributed by atoms with Crippen LogP contribution in [0.5, 0.6) is 0 Å². The molecule has 2 aromatic heterocycles. The van der Waals surface area contributed by atoms with Crippen molar-refractivity contribution in [2.75, 3.05) is 18.9 Å².